The second-order valence-electron chi connectivity index (χ2n) is 14.1. The minimum absolute atomic E-state index is 1.19. The molecule has 0 N–H and O–H groups in total. The summed E-state index contributed by atoms with van der Waals surface area (Å²) in [6.45, 7) is 0. The smallest absolute Gasteiger partial charge is 0.00261 e. The van der Waals surface area contributed by atoms with Crippen LogP contribution in [-0.4, -0.2) is 0 Å². The molecule has 0 radical (unpaired) electrons. The zero-order chi connectivity index (χ0) is 35.8. The Hall–Kier alpha value is -7.02. The third-order valence-electron chi connectivity index (χ3n) is 10.8. The van der Waals surface area contributed by atoms with E-state index in [2.05, 4.69) is 218 Å². The van der Waals surface area contributed by atoms with E-state index in [1.165, 1.54) is 99.1 Å². The van der Waals surface area contributed by atoms with Crippen molar-refractivity contribution in [3.8, 4) is 66.8 Å². The molecule has 0 heterocycles. The summed E-state index contributed by atoms with van der Waals surface area (Å²) in [5, 5.41) is 7.53. The van der Waals surface area contributed by atoms with Crippen LogP contribution in [0.4, 0.5) is 0 Å². The standard InChI is InChI=1S/C54H36/c1-3-15-37(16-4-1)41-21-13-23-43(33-41)47-32-31-46(36-52(47)44-24-14-22-42(34-44)38-17-5-2-6-18-38)54-50-27-11-9-25-48(50)53(49-26-10-12-28-51(49)54)45-30-29-39-19-7-8-20-40(39)35-45/h1-36H. The second-order valence-corrected chi connectivity index (χ2v) is 14.1. The number of benzene rings is 10. The van der Waals surface area contributed by atoms with E-state index in [0.29, 0.717) is 0 Å². The van der Waals surface area contributed by atoms with Crippen LogP contribution in [0.15, 0.2) is 218 Å². The fraction of sp³-hybridized carbons (Fsp3) is 0. The summed E-state index contributed by atoms with van der Waals surface area (Å²) in [6.07, 6.45) is 0. The molecule has 54 heavy (non-hydrogen) atoms. The van der Waals surface area contributed by atoms with E-state index in [4.69, 9.17) is 0 Å². The quantitative estimate of drug-likeness (QED) is 0.153. The van der Waals surface area contributed by atoms with Gasteiger partial charge in [0.2, 0.25) is 0 Å². The zero-order valence-corrected chi connectivity index (χ0v) is 29.8. The molecule has 10 aromatic carbocycles. The van der Waals surface area contributed by atoms with Gasteiger partial charge in [0, 0.05) is 0 Å². The molecule has 0 fully saturated rings. The SMILES string of the molecule is c1ccc(-c2cccc(-c3ccc(-c4c5ccccc5c(-c5ccc6ccccc6c5)c5ccccc45)cc3-c3cccc(-c4ccccc4)c3)c2)cc1. The van der Waals surface area contributed by atoms with E-state index in [-0.39, 0.29) is 0 Å². The van der Waals surface area contributed by atoms with Gasteiger partial charge in [0.15, 0.2) is 0 Å². The maximum atomic E-state index is 2.43. The Morgan fingerprint density at radius 2 is 0.593 bits per heavy atom. The summed E-state index contributed by atoms with van der Waals surface area (Å²) < 4.78 is 0. The Balaban J connectivity index is 1.22. The van der Waals surface area contributed by atoms with Gasteiger partial charge in [-0.1, -0.05) is 194 Å². The maximum absolute atomic E-state index is 2.43. The molecule has 0 saturated carbocycles. The first-order valence-corrected chi connectivity index (χ1v) is 18.7. The zero-order valence-electron chi connectivity index (χ0n) is 29.8. The lowest BCUT2D eigenvalue weighted by atomic mass is 9.83. The highest BCUT2D eigenvalue weighted by Gasteiger charge is 2.19. The Morgan fingerprint density at radius 1 is 0.185 bits per heavy atom. The number of hydrogen-bond donors (Lipinski definition) is 0. The minimum atomic E-state index is 1.19. The predicted molar refractivity (Wildman–Crippen MR) is 232 cm³/mol. The lowest BCUT2D eigenvalue weighted by Crippen LogP contribution is -1.93. The molecule has 10 rings (SSSR count). The molecule has 0 amide bonds. The summed E-state index contributed by atoms with van der Waals surface area (Å²) in [4.78, 5) is 0. The van der Waals surface area contributed by atoms with Gasteiger partial charge in [0.1, 0.15) is 0 Å². The molecule has 0 aliphatic rings. The van der Waals surface area contributed by atoms with Crippen LogP contribution in [0, 0.1) is 0 Å². The van der Waals surface area contributed by atoms with Crippen molar-refractivity contribution in [3.63, 3.8) is 0 Å². The van der Waals surface area contributed by atoms with E-state index in [1.807, 2.05) is 0 Å². The Kier molecular flexibility index (Phi) is 7.93. The molecule has 0 nitrogen and oxygen atoms in total. The highest BCUT2D eigenvalue weighted by Crippen LogP contribution is 2.46. The summed E-state index contributed by atoms with van der Waals surface area (Å²) in [5.41, 5.74) is 14.6. The molecule has 10 aromatic rings. The van der Waals surface area contributed by atoms with Crippen molar-refractivity contribution >= 4 is 32.3 Å². The van der Waals surface area contributed by atoms with E-state index in [1.54, 1.807) is 0 Å². The van der Waals surface area contributed by atoms with Gasteiger partial charge in [-0.3, -0.25) is 0 Å². The van der Waals surface area contributed by atoms with Gasteiger partial charge in [-0.25, -0.2) is 0 Å². The molecular weight excluding hydrogens is 649 g/mol. The van der Waals surface area contributed by atoms with Crippen molar-refractivity contribution in [1.82, 2.24) is 0 Å². The van der Waals surface area contributed by atoms with Gasteiger partial charge in [-0.05, 0) is 123 Å². The van der Waals surface area contributed by atoms with E-state index in [0.717, 1.165) is 0 Å². The van der Waals surface area contributed by atoms with E-state index >= 15 is 0 Å². The predicted octanol–water partition coefficient (Wildman–Crippen LogP) is 15.1. The van der Waals surface area contributed by atoms with Gasteiger partial charge in [-0.15, -0.1) is 0 Å². The Morgan fingerprint density at radius 3 is 1.15 bits per heavy atom. The largest absolute Gasteiger partial charge is 0.0622 e. The van der Waals surface area contributed by atoms with Gasteiger partial charge in [-0.2, -0.15) is 0 Å². The maximum Gasteiger partial charge on any atom is -0.00261 e. The van der Waals surface area contributed by atoms with Crippen molar-refractivity contribution in [2.24, 2.45) is 0 Å². The van der Waals surface area contributed by atoms with Crippen molar-refractivity contribution < 1.29 is 0 Å². The van der Waals surface area contributed by atoms with E-state index in [9.17, 15) is 0 Å². The minimum Gasteiger partial charge on any atom is -0.0622 e. The van der Waals surface area contributed by atoms with Crippen LogP contribution < -0.4 is 0 Å². The third-order valence-corrected chi connectivity index (χ3v) is 10.8. The van der Waals surface area contributed by atoms with Gasteiger partial charge in [0.25, 0.3) is 0 Å². The van der Waals surface area contributed by atoms with Crippen LogP contribution in [0.5, 0.6) is 0 Å². The Bertz CT molecular complexity index is 2910. The van der Waals surface area contributed by atoms with Crippen LogP contribution in [0.2, 0.25) is 0 Å². The molecule has 0 aliphatic heterocycles. The first-order chi connectivity index (χ1) is 26.8. The molecule has 0 atom stereocenters. The van der Waals surface area contributed by atoms with Crippen molar-refractivity contribution in [1.29, 1.82) is 0 Å². The molecular formula is C54H36. The summed E-state index contributed by atoms with van der Waals surface area (Å²) in [7, 11) is 0. The average molecular weight is 685 g/mol. The van der Waals surface area contributed by atoms with Crippen LogP contribution in [0.25, 0.3) is 99.1 Å². The molecule has 0 bridgehead atoms. The van der Waals surface area contributed by atoms with Gasteiger partial charge in [0.05, 0.1) is 0 Å². The topological polar surface area (TPSA) is 0 Å². The molecule has 0 aliphatic carbocycles. The summed E-state index contributed by atoms with van der Waals surface area (Å²) in [6, 6.07) is 79.8. The van der Waals surface area contributed by atoms with Gasteiger partial charge >= 0.3 is 0 Å². The van der Waals surface area contributed by atoms with Crippen LogP contribution >= 0.6 is 0 Å². The number of rotatable bonds is 6. The summed E-state index contributed by atoms with van der Waals surface area (Å²) >= 11 is 0. The normalized spacial score (nSPS) is 11.3. The fourth-order valence-electron chi connectivity index (χ4n) is 8.28. The number of hydrogen-bond acceptors (Lipinski definition) is 0. The lowest BCUT2D eigenvalue weighted by molar-refractivity contribution is 1.56. The molecule has 0 heteroatoms. The lowest BCUT2D eigenvalue weighted by Gasteiger charge is -2.20. The molecule has 252 valence electrons. The van der Waals surface area contributed by atoms with Gasteiger partial charge < -0.3 is 0 Å². The van der Waals surface area contributed by atoms with E-state index < -0.39 is 0 Å². The molecule has 0 spiro atoms. The third kappa shape index (κ3) is 5.66. The number of fused-ring (bicyclic) bond motifs is 3. The highest BCUT2D eigenvalue weighted by molar-refractivity contribution is 6.22. The van der Waals surface area contributed by atoms with Crippen molar-refractivity contribution in [2.75, 3.05) is 0 Å². The molecule has 0 saturated heterocycles. The average Bonchev–Trinajstić information content (AvgIpc) is 3.26. The van der Waals surface area contributed by atoms with Crippen LogP contribution in [0.3, 0.4) is 0 Å². The first-order valence-electron chi connectivity index (χ1n) is 18.7. The first kappa shape index (κ1) is 31.7. The second kappa shape index (κ2) is 13.5. The van der Waals surface area contributed by atoms with Crippen LogP contribution in [0.1, 0.15) is 0 Å². The monoisotopic (exact) mass is 684 g/mol. The molecule has 0 aromatic heterocycles. The Labute approximate surface area is 316 Å². The highest BCUT2D eigenvalue weighted by atomic mass is 14.2. The summed E-state index contributed by atoms with van der Waals surface area (Å²) in [5.74, 6) is 0. The van der Waals surface area contributed by atoms with Crippen molar-refractivity contribution in [3.05, 3.63) is 218 Å². The molecule has 0 unspecified atom stereocenters. The van der Waals surface area contributed by atoms with Crippen LogP contribution in [-0.2, 0) is 0 Å². The fourth-order valence-corrected chi connectivity index (χ4v) is 8.28. The van der Waals surface area contributed by atoms with Crippen molar-refractivity contribution in [2.45, 2.75) is 0 Å².